The van der Waals surface area contributed by atoms with Crippen molar-refractivity contribution in [3.8, 4) is 11.5 Å². The van der Waals surface area contributed by atoms with Gasteiger partial charge in [-0.3, -0.25) is 9.69 Å². The van der Waals surface area contributed by atoms with Gasteiger partial charge in [-0.1, -0.05) is 24.3 Å². The molecule has 1 aliphatic heterocycles. The number of carbonyl (C=O) groups excluding carboxylic acids is 1. The summed E-state index contributed by atoms with van der Waals surface area (Å²) in [6, 6.07) is 13.9. The number of benzene rings is 2. The van der Waals surface area contributed by atoms with Crippen LogP contribution in [0.25, 0.3) is 0 Å². The molecule has 0 bridgehead atoms. The molecular formula is C21H26N2O3. The van der Waals surface area contributed by atoms with Gasteiger partial charge in [-0.25, -0.2) is 0 Å². The van der Waals surface area contributed by atoms with E-state index in [-0.39, 0.29) is 11.9 Å². The maximum Gasteiger partial charge on any atom is 0.238 e. The number of anilines is 1. The van der Waals surface area contributed by atoms with E-state index in [9.17, 15) is 4.79 Å². The largest absolute Gasteiger partial charge is 0.497 e. The number of ether oxygens (including phenoxy) is 2. The molecule has 1 saturated heterocycles. The zero-order valence-electron chi connectivity index (χ0n) is 15.6. The van der Waals surface area contributed by atoms with Crippen molar-refractivity contribution in [2.45, 2.75) is 25.8 Å². The zero-order valence-corrected chi connectivity index (χ0v) is 15.6. The Morgan fingerprint density at radius 1 is 1.19 bits per heavy atom. The van der Waals surface area contributed by atoms with E-state index in [4.69, 9.17) is 9.47 Å². The molecule has 5 nitrogen and oxygen atoms in total. The predicted molar refractivity (Wildman–Crippen MR) is 103 cm³/mol. The second-order valence-electron chi connectivity index (χ2n) is 6.60. The van der Waals surface area contributed by atoms with Crippen molar-refractivity contribution in [2.24, 2.45) is 0 Å². The van der Waals surface area contributed by atoms with Gasteiger partial charge in [0.15, 0.2) is 0 Å². The average molecular weight is 354 g/mol. The molecule has 0 radical (unpaired) electrons. The highest BCUT2D eigenvalue weighted by molar-refractivity contribution is 5.93. The third kappa shape index (κ3) is 3.99. The van der Waals surface area contributed by atoms with Gasteiger partial charge in [-0.2, -0.15) is 0 Å². The summed E-state index contributed by atoms with van der Waals surface area (Å²) in [7, 11) is 3.31. The van der Waals surface area contributed by atoms with E-state index in [0.717, 1.165) is 47.7 Å². The topological polar surface area (TPSA) is 50.8 Å². The molecule has 0 aromatic heterocycles. The van der Waals surface area contributed by atoms with Crippen molar-refractivity contribution in [3.63, 3.8) is 0 Å². The number of aryl methyl sites for hydroxylation is 1. The summed E-state index contributed by atoms with van der Waals surface area (Å²) in [5, 5.41) is 3.02. The molecule has 2 aromatic carbocycles. The van der Waals surface area contributed by atoms with Crippen molar-refractivity contribution in [1.82, 2.24) is 4.90 Å². The number of rotatable bonds is 6. The molecule has 26 heavy (non-hydrogen) atoms. The lowest BCUT2D eigenvalue weighted by Crippen LogP contribution is -2.33. The van der Waals surface area contributed by atoms with Crippen molar-refractivity contribution >= 4 is 11.6 Å². The van der Waals surface area contributed by atoms with Crippen molar-refractivity contribution in [2.75, 3.05) is 32.6 Å². The van der Waals surface area contributed by atoms with E-state index in [1.807, 2.05) is 49.4 Å². The summed E-state index contributed by atoms with van der Waals surface area (Å²) < 4.78 is 10.8. The average Bonchev–Trinajstić information content (AvgIpc) is 3.10. The molecule has 5 heteroatoms. The molecule has 1 aliphatic rings. The van der Waals surface area contributed by atoms with E-state index in [0.29, 0.717) is 6.54 Å². The molecule has 2 aromatic rings. The Morgan fingerprint density at radius 2 is 2.00 bits per heavy atom. The van der Waals surface area contributed by atoms with Crippen molar-refractivity contribution in [3.05, 3.63) is 53.6 Å². The van der Waals surface area contributed by atoms with Gasteiger partial charge in [0.1, 0.15) is 11.5 Å². The van der Waals surface area contributed by atoms with Crippen LogP contribution in [0.2, 0.25) is 0 Å². The van der Waals surface area contributed by atoms with Gasteiger partial charge in [0.05, 0.1) is 20.8 Å². The summed E-state index contributed by atoms with van der Waals surface area (Å²) in [5.41, 5.74) is 3.04. The molecule has 0 aliphatic carbocycles. The minimum absolute atomic E-state index is 0.0127. The minimum Gasteiger partial charge on any atom is -0.497 e. The molecular weight excluding hydrogens is 328 g/mol. The number of likely N-dealkylation sites (tertiary alicyclic amines) is 1. The van der Waals surface area contributed by atoms with Gasteiger partial charge in [0.2, 0.25) is 5.91 Å². The number of para-hydroxylation sites is 1. The lowest BCUT2D eigenvalue weighted by molar-refractivity contribution is -0.117. The van der Waals surface area contributed by atoms with Gasteiger partial charge < -0.3 is 14.8 Å². The number of hydrogen-bond donors (Lipinski definition) is 1. The first-order valence-corrected chi connectivity index (χ1v) is 8.94. The predicted octanol–water partition coefficient (Wildman–Crippen LogP) is 3.79. The fraction of sp³-hybridized carbons (Fsp3) is 0.381. The van der Waals surface area contributed by atoms with E-state index in [2.05, 4.69) is 10.2 Å². The van der Waals surface area contributed by atoms with Crippen molar-refractivity contribution < 1.29 is 14.3 Å². The van der Waals surface area contributed by atoms with Crippen LogP contribution in [0.3, 0.4) is 0 Å². The molecule has 0 spiro atoms. The Hall–Kier alpha value is -2.53. The van der Waals surface area contributed by atoms with Crippen LogP contribution in [0.15, 0.2) is 42.5 Å². The van der Waals surface area contributed by atoms with Crippen LogP contribution in [-0.2, 0) is 4.79 Å². The summed E-state index contributed by atoms with van der Waals surface area (Å²) in [5.74, 6) is 1.59. The number of carbonyl (C=O) groups is 1. The van der Waals surface area contributed by atoms with Crippen LogP contribution in [0, 0.1) is 6.92 Å². The molecule has 3 rings (SSSR count). The van der Waals surface area contributed by atoms with Crippen LogP contribution >= 0.6 is 0 Å². The monoisotopic (exact) mass is 354 g/mol. The van der Waals surface area contributed by atoms with E-state index < -0.39 is 0 Å². The van der Waals surface area contributed by atoms with Crippen LogP contribution in [0.4, 0.5) is 5.69 Å². The molecule has 1 atom stereocenters. The lowest BCUT2D eigenvalue weighted by atomic mass is 10.0. The molecule has 0 unspecified atom stereocenters. The quantitative estimate of drug-likeness (QED) is 0.857. The first-order chi connectivity index (χ1) is 12.6. The number of nitrogens with one attached hydrogen (secondary N) is 1. The fourth-order valence-electron chi connectivity index (χ4n) is 3.55. The number of methoxy groups -OCH3 is 2. The van der Waals surface area contributed by atoms with Crippen LogP contribution in [0.1, 0.15) is 30.0 Å². The first-order valence-electron chi connectivity index (χ1n) is 8.94. The highest BCUT2D eigenvalue weighted by Crippen LogP contribution is 2.38. The van der Waals surface area contributed by atoms with Gasteiger partial charge in [0.25, 0.3) is 0 Å². The van der Waals surface area contributed by atoms with E-state index >= 15 is 0 Å². The molecule has 1 heterocycles. The number of nitrogens with zero attached hydrogens (tertiary/aromatic N) is 1. The maximum absolute atomic E-state index is 12.5. The van der Waals surface area contributed by atoms with Gasteiger partial charge >= 0.3 is 0 Å². The second kappa shape index (κ2) is 8.23. The fourth-order valence-corrected chi connectivity index (χ4v) is 3.55. The Bertz CT molecular complexity index is 776. The Morgan fingerprint density at radius 3 is 2.73 bits per heavy atom. The Labute approximate surface area is 154 Å². The van der Waals surface area contributed by atoms with Crippen LogP contribution in [0.5, 0.6) is 11.5 Å². The second-order valence-corrected chi connectivity index (χ2v) is 6.60. The Balaban J connectivity index is 1.72. The van der Waals surface area contributed by atoms with Gasteiger partial charge in [-0.05, 0) is 44.0 Å². The smallest absolute Gasteiger partial charge is 0.238 e. The standard InChI is InChI=1S/C21H26N2O3/c1-15-7-4-5-8-18(15)22-21(24)14-23-12-6-9-19(23)17-11-10-16(25-2)13-20(17)26-3/h4-5,7-8,10-11,13,19H,6,9,12,14H2,1-3H3,(H,22,24)/t19-/m0/s1. The molecule has 138 valence electrons. The van der Waals surface area contributed by atoms with E-state index in [1.54, 1.807) is 14.2 Å². The molecule has 0 saturated carbocycles. The Kier molecular flexibility index (Phi) is 5.78. The lowest BCUT2D eigenvalue weighted by Gasteiger charge is -2.26. The van der Waals surface area contributed by atoms with Crippen LogP contribution < -0.4 is 14.8 Å². The third-order valence-corrected chi connectivity index (χ3v) is 4.93. The van der Waals surface area contributed by atoms with Crippen LogP contribution in [-0.4, -0.2) is 38.1 Å². The summed E-state index contributed by atoms with van der Waals surface area (Å²) >= 11 is 0. The highest BCUT2D eigenvalue weighted by atomic mass is 16.5. The highest BCUT2D eigenvalue weighted by Gasteiger charge is 2.29. The summed E-state index contributed by atoms with van der Waals surface area (Å²) in [6.07, 6.45) is 2.08. The van der Waals surface area contributed by atoms with Gasteiger partial charge in [0, 0.05) is 23.4 Å². The third-order valence-electron chi connectivity index (χ3n) is 4.93. The maximum atomic E-state index is 12.5. The van der Waals surface area contributed by atoms with Gasteiger partial charge in [-0.15, -0.1) is 0 Å². The van der Waals surface area contributed by atoms with E-state index in [1.165, 1.54) is 0 Å². The summed E-state index contributed by atoms with van der Waals surface area (Å²) in [6.45, 7) is 3.27. The molecule has 1 fully saturated rings. The number of amides is 1. The molecule has 1 amide bonds. The zero-order chi connectivity index (χ0) is 18.5. The first kappa shape index (κ1) is 18.3. The van der Waals surface area contributed by atoms with Crippen molar-refractivity contribution in [1.29, 1.82) is 0 Å². The SMILES string of the molecule is COc1ccc([C@@H]2CCCN2CC(=O)Nc2ccccc2C)c(OC)c1. The minimum atomic E-state index is 0.0127. The normalized spacial score (nSPS) is 17.1. The number of hydrogen-bond acceptors (Lipinski definition) is 4. The molecule has 1 N–H and O–H groups in total. The summed E-state index contributed by atoms with van der Waals surface area (Å²) in [4.78, 5) is 14.8.